The quantitative estimate of drug-likeness (QED) is 0.780. The van der Waals surface area contributed by atoms with E-state index in [1.807, 2.05) is 0 Å². The van der Waals surface area contributed by atoms with Crippen molar-refractivity contribution in [3.05, 3.63) is 35.4 Å². The molecular weight excluding hydrogens is 206 g/mol. The van der Waals surface area contributed by atoms with E-state index in [2.05, 4.69) is 0 Å². The molecule has 5 heteroatoms. The monoisotopic (exact) mass is 214 g/mol. The lowest BCUT2D eigenvalue weighted by Gasteiger charge is -1.99. The Morgan fingerprint density at radius 3 is 2.07 bits per heavy atom. The van der Waals surface area contributed by atoms with Crippen molar-refractivity contribution in [3.63, 3.8) is 0 Å². The Labute approximate surface area is 84.3 Å². The molecule has 0 fully saturated rings. The summed E-state index contributed by atoms with van der Waals surface area (Å²) in [5, 5.41) is 8.32. The van der Waals surface area contributed by atoms with Gasteiger partial charge in [-0.25, -0.2) is 8.78 Å². The molecule has 0 aliphatic rings. The standard InChI is InChI=1S/C10H8F2O3/c11-7-3-6(4-8(12)5-7)9(13)1-2-10(14)15/h3-5H,1-2H2,(H,14,15). The number of halogens is 2. The third kappa shape index (κ3) is 3.46. The SMILES string of the molecule is O=C(O)CCC(=O)c1cc(F)cc(F)c1. The lowest BCUT2D eigenvalue weighted by Crippen LogP contribution is -2.04. The molecule has 0 heterocycles. The number of aliphatic carboxylic acids is 1. The van der Waals surface area contributed by atoms with E-state index in [1.54, 1.807) is 0 Å². The van der Waals surface area contributed by atoms with Gasteiger partial charge >= 0.3 is 5.97 Å². The van der Waals surface area contributed by atoms with Gasteiger partial charge in [-0.1, -0.05) is 0 Å². The first kappa shape index (κ1) is 11.3. The second-order valence-corrected chi connectivity index (χ2v) is 2.98. The Hall–Kier alpha value is -1.78. The minimum atomic E-state index is -1.12. The lowest BCUT2D eigenvalue weighted by molar-refractivity contribution is -0.136. The van der Waals surface area contributed by atoms with Gasteiger partial charge in [-0.3, -0.25) is 9.59 Å². The highest BCUT2D eigenvalue weighted by Gasteiger charge is 2.10. The van der Waals surface area contributed by atoms with E-state index in [0.717, 1.165) is 12.1 Å². The molecule has 0 aromatic heterocycles. The molecule has 0 atom stereocenters. The maximum Gasteiger partial charge on any atom is 0.303 e. The summed E-state index contributed by atoms with van der Waals surface area (Å²) in [6, 6.07) is 2.41. The summed E-state index contributed by atoms with van der Waals surface area (Å²) >= 11 is 0. The molecule has 1 aromatic carbocycles. The van der Waals surface area contributed by atoms with Crippen LogP contribution in [0.2, 0.25) is 0 Å². The highest BCUT2D eigenvalue weighted by molar-refractivity contribution is 5.97. The average molecular weight is 214 g/mol. The second-order valence-electron chi connectivity index (χ2n) is 2.98. The summed E-state index contributed by atoms with van der Waals surface area (Å²) in [6.45, 7) is 0. The Morgan fingerprint density at radius 2 is 1.60 bits per heavy atom. The van der Waals surface area contributed by atoms with Gasteiger partial charge in [0.15, 0.2) is 5.78 Å². The van der Waals surface area contributed by atoms with Crippen LogP contribution in [0, 0.1) is 11.6 Å². The number of carbonyl (C=O) groups excluding carboxylic acids is 1. The van der Waals surface area contributed by atoms with Gasteiger partial charge in [0.2, 0.25) is 0 Å². The minimum Gasteiger partial charge on any atom is -0.481 e. The molecule has 0 saturated heterocycles. The van der Waals surface area contributed by atoms with Crippen molar-refractivity contribution in [2.24, 2.45) is 0 Å². The zero-order valence-corrected chi connectivity index (χ0v) is 7.67. The Balaban J connectivity index is 2.77. The number of rotatable bonds is 4. The number of Topliss-reactive ketones (excluding diaryl/α,β-unsaturated/α-hetero) is 1. The number of carbonyl (C=O) groups is 2. The maximum atomic E-state index is 12.7. The molecule has 0 aliphatic heterocycles. The fraction of sp³-hybridized carbons (Fsp3) is 0.200. The Morgan fingerprint density at radius 1 is 1.07 bits per heavy atom. The molecule has 0 amide bonds. The number of benzene rings is 1. The number of hydrogen-bond donors (Lipinski definition) is 1. The van der Waals surface area contributed by atoms with Crippen LogP contribution in [0.5, 0.6) is 0 Å². The van der Waals surface area contributed by atoms with Crippen LogP contribution in [0.25, 0.3) is 0 Å². The molecule has 80 valence electrons. The van der Waals surface area contributed by atoms with Gasteiger partial charge in [-0.05, 0) is 12.1 Å². The molecule has 1 N–H and O–H groups in total. The average Bonchev–Trinajstić information content (AvgIpc) is 2.12. The molecule has 0 radical (unpaired) electrons. The van der Waals surface area contributed by atoms with E-state index in [4.69, 9.17) is 5.11 Å². The molecular formula is C10H8F2O3. The van der Waals surface area contributed by atoms with Crippen molar-refractivity contribution in [2.45, 2.75) is 12.8 Å². The summed E-state index contributed by atoms with van der Waals surface area (Å²) in [5.41, 5.74) is -0.145. The van der Waals surface area contributed by atoms with Crippen LogP contribution in [0.3, 0.4) is 0 Å². The van der Waals surface area contributed by atoms with E-state index >= 15 is 0 Å². The van der Waals surface area contributed by atoms with Crippen molar-refractivity contribution in [2.75, 3.05) is 0 Å². The number of carboxylic acid groups (broad SMARTS) is 1. The first-order valence-corrected chi connectivity index (χ1v) is 4.20. The minimum absolute atomic E-state index is 0.145. The highest BCUT2D eigenvalue weighted by Crippen LogP contribution is 2.11. The summed E-state index contributed by atoms with van der Waals surface area (Å²) in [4.78, 5) is 21.4. The molecule has 0 aliphatic carbocycles. The Bertz CT molecular complexity index is 381. The van der Waals surface area contributed by atoms with Gasteiger partial charge in [0.05, 0.1) is 6.42 Å². The summed E-state index contributed by atoms with van der Waals surface area (Å²) in [7, 11) is 0. The van der Waals surface area contributed by atoms with E-state index in [-0.39, 0.29) is 18.4 Å². The zero-order chi connectivity index (χ0) is 11.4. The van der Waals surface area contributed by atoms with Crippen LogP contribution in [0.1, 0.15) is 23.2 Å². The lowest BCUT2D eigenvalue weighted by atomic mass is 10.1. The molecule has 1 rings (SSSR count). The molecule has 0 unspecified atom stereocenters. The van der Waals surface area contributed by atoms with Crippen LogP contribution in [0.15, 0.2) is 18.2 Å². The largest absolute Gasteiger partial charge is 0.481 e. The molecule has 0 saturated carbocycles. The third-order valence-corrected chi connectivity index (χ3v) is 1.75. The van der Waals surface area contributed by atoms with E-state index in [9.17, 15) is 18.4 Å². The molecule has 0 bridgehead atoms. The number of carboxylic acids is 1. The Kier molecular flexibility index (Phi) is 3.49. The predicted molar refractivity (Wildman–Crippen MR) is 47.6 cm³/mol. The van der Waals surface area contributed by atoms with Crippen molar-refractivity contribution < 1.29 is 23.5 Å². The van der Waals surface area contributed by atoms with E-state index in [0.29, 0.717) is 6.07 Å². The van der Waals surface area contributed by atoms with E-state index in [1.165, 1.54) is 0 Å². The summed E-state index contributed by atoms with van der Waals surface area (Å²) in [6.07, 6.45) is -0.616. The van der Waals surface area contributed by atoms with Crippen molar-refractivity contribution in [1.29, 1.82) is 0 Å². The first-order valence-electron chi connectivity index (χ1n) is 4.20. The first-order chi connectivity index (χ1) is 6.99. The van der Waals surface area contributed by atoms with Crippen LogP contribution < -0.4 is 0 Å². The maximum absolute atomic E-state index is 12.7. The van der Waals surface area contributed by atoms with Crippen LogP contribution >= 0.6 is 0 Å². The zero-order valence-electron chi connectivity index (χ0n) is 7.67. The third-order valence-electron chi connectivity index (χ3n) is 1.75. The van der Waals surface area contributed by atoms with Crippen molar-refractivity contribution in [1.82, 2.24) is 0 Å². The van der Waals surface area contributed by atoms with Gasteiger partial charge in [0.1, 0.15) is 11.6 Å². The smallest absolute Gasteiger partial charge is 0.303 e. The van der Waals surface area contributed by atoms with E-state index < -0.39 is 23.4 Å². The highest BCUT2D eigenvalue weighted by atomic mass is 19.1. The molecule has 15 heavy (non-hydrogen) atoms. The van der Waals surface area contributed by atoms with Gasteiger partial charge < -0.3 is 5.11 Å². The van der Waals surface area contributed by atoms with Crippen LogP contribution in [-0.2, 0) is 4.79 Å². The molecule has 0 spiro atoms. The molecule has 1 aromatic rings. The second kappa shape index (κ2) is 4.63. The predicted octanol–water partition coefficient (Wildman–Crippen LogP) is 2.01. The number of hydrogen-bond acceptors (Lipinski definition) is 2. The molecule has 3 nitrogen and oxygen atoms in total. The van der Waals surface area contributed by atoms with Crippen LogP contribution in [-0.4, -0.2) is 16.9 Å². The fourth-order valence-electron chi connectivity index (χ4n) is 1.08. The van der Waals surface area contributed by atoms with Gasteiger partial charge in [-0.2, -0.15) is 0 Å². The van der Waals surface area contributed by atoms with Gasteiger partial charge in [0, 0.05) is 18.1 Å². The van der Waals surface area contributed by atoms with Gasteiger partial charge in [0.25, 0.3) is 0 Å². The van der Waals surface area contributed by atoms with Crippen molar-refractivity contribution in [3.8, 4) is 0 Å². The summed E-state index contributed by atoms with van der Waals surface area (Å²) in [5.74, 6) is -3.42. The van der Waals surface area contributed by atoms with Crippen molar-refractivity contribution >= 4 is 11.8 Å². The topological polar surface area (TPSA) is 54.4 Å². The number of ketones is 1. The van der Waals surface area contributed by atoms with Crippen LogP contribution in [0.4, 0.5) is 8.78 Å². The normalized spacial score (nSPS) is 10.0. The van der Waals surface area contributed by atoms with Gasteiger partial charge in [-0.15, -0.1) is 0 Å². The fourth-order valence-corrected chi connectivity index (χ4v) is 1.08. The summed E-state index contributed by atoms with van der Waals surface area (Å²) < 4.78 is 25.4.